The van der Waals surface area contributed by atoms with Gasteiger partial charge >= 0.3 is 5.97 Å². The van der Waals surface area contributed by atoms with Gasteiger partial charge in [-0.1, -0.05) is 17.7 Å². The van der Waals surface area contributed by atoms with Crippen molar-refractivity contribution in [3.63, 3.8) is 0 Å². The third kappa shape index (κ3) is 11.3. The van der Waals surface area contributed by atoms with Crippen molar-refractivity contribution in [2.45, 2.75) is 57.3 Å². The molecule has 0 radical (unpaired) electrons. The molecule has 0 saturated carbocycles. The van der Waals surface area contributed by atoms with Gasteiger partial charge in [0.2, 0.25) is 5.95 Å². The number of nitrogens with one attached hydrogen (secondary N) is 2. The minimum Gasteiger partial charge on any atom is -0.495 e. The molecule has 1 aromatic carbocycles. The molecule has 2 atom stereocenters. The van der Waals surface area contributed by atoms with Crippen LogP contribution in [-0.2, 0) is 32.3 Å². The van der Waals surface area contributed by atoms with Crippen LogP contribution in [0.4, 0.5) is 11.8 Å². The molecule has 19 nitrogen and oxygen atoms in total. The zero-order valence-corrected chi connectivity index (χ0v) is 27.1. The first-order valence-corrected chi connectivity index (χ1v) is 15.5. The largest absolute Gasteiger partial charge is 0.495 e. The number of halogens is 1. The average Bonchev–Trinajstić information content (AvgIpc) is 3.56. The van der Waals surface area contributed by atoms with Crippen molar-refractivity contribution in [1.82, 2.24) is 25.3 Å². The fraction of sp³-hybridized carbons (Fsp3) is 0.448. The number of carbonyl (C=O) groups excluding carboxylic acids is 2. The molecule has 1 unspecified atom stereocenters. The highest BCUT2D eigenvalue weighted by Crippen LogP contribution is 2.27. The summed E-state index contributed by atoms with van der Waals surface area (Å²) in [6, 6.07) is 6.71. The topological polar surface area (TPSA) is 236 Å². The first-order chi connectivity index (χ1) is 23.6. The Labute approximate surface area is 284 Å². The van der Waals surface area contributed by atoms with Crippen LogP contribution in [0, 0.1) is 20.2 Å². The lowest BCUT2D eigenvalue weighted by atomic mass is 10.1. The summed E-state index contributed by atoms with van der Waals surface area (Å²) in [7, 11) is 1.52. The summed E-state index contributed by atoms with van der Waals surface area (Å²) in [5.74, 6) is 0.531. The Kier molecular flexibility index (Phi) is 13.4. The third-order valence-electron chi connectivity index (χ3n) is 7.30. The van der Waals surface area contributed by atoms with Gasteiger partial charge in [0.25, 0.3) is 16.1 Å². The van der Waals surface area contributed by atoms with Crippen LogP contribution in [0.25, 0.3) is 0 Å². The molecule has 20 heteroatoms. The molecule has 1 fully saturated rings. The molecule has 1 saturated heterocycles. The lowest BCUT2D eigenvalue weighted by Crippen LogP contribution is -2.35. The van der Waals surface area contributed by atoms with Crippen molar-refractivity contribution >= 4 is 35.2 Å². The van der Waals surface area contributed by atoms with E-state index in [1.165, 1.54) is 13.3 Å². The van der Waals surface area contributed by atoms with Crippen LogP contribution in [0.15, 0.2) is 42.9 Å². The van der Waals surface area contributed by atoms with E-state index in [-0.39, 0.29) is 56.4 Å². The van der Waals surface area contributed by atoms with E-state index in [0.29, 0.717) is 35.5 Å². The first-order valence-electron chi connectivity index (χ1n) is 15.1. The summed E-state index contributed by atoms with van der Waals surface area (Å²) >= 11 is 6.30. The number of esters is 1. The molecule has 3 heterocycles. The molecule has 4 rings (SSSR count). The van der Waals surface area contributed by atoms with Gasteiger partial charge in [-0.2, -0.15) is 4.98 Å². The molecule has 0 aliphatic carbocycles. The van der Waals surface area contributed by atoms with Gasteiger partial charge in [0.1, 0.15) is 42.3 Å². The SMILES string of the molecule is COc1ccc(CNc2nc(N3CCC[C@H]3COC(=O)CCCC(CO[N+](=O)[O-])O[N+](=O)[O-])ncc2C(=O)NCc2ncccn2)cc1Cl. The number of ether oxygens (including phenoxy) is 2. The minimum atomic E-state index is -1.21. The number of aromatic nitrogens is 4. The van der Waals surface area contributed by atoms with Crippen LogP contribution in [0.1, 0.15) is 53.8 Å². The van der Waals surface area contributed by atoms with E-state index in [1.807, 2.05) is 11.0 Å². The molecule has 3 aromatic rings. The maximum Gasteiger partial charge on any atom is 0.305 e. The lowest BCUT2D eigenvalue weighted by molar-refractivity contribution is -0.790. The van der Waals surface area contributed by atoms with Gasteiger partial charge in [-0.3, -0.25) is 9.59 Å². The second-order valence-corrected chi connectivity index (χ2v) is 11.0. The Morgan fingerprint density at radius 2 is 1.94 bits per heavy atom. The quantitative estimate of drug-likeness (QED) is 0.104. The smallest absolute Gasteiger partial charge is 0.305 e. The number of benzene rings is 1. The number of rotatable bonds is 19. The van der Waals surface area contributed by atoms with Crippen molar-refractivity contribution in [3.8, 4) is 5.75 Å². The van der Waals surface area contributed by atoms with E-state index in [9.17, 15) is 29.8 Å². The van der Waals surface area contributed by atoms with Gasteiger partial charge in [-0.05, 0) is 49.4 Å². The summed E-state index contributed by atoms with van der Waals surface area (Å²) in [6.07, 6.45) is 4.79. The van der Waals surface area contributed by atoms with Crippen molar-refractivity contribution in [1.29, 1.82) is 0 Å². The summed E-state index contributed by atoms with van der Waals surface area (Å²) in [5.41, 5.74) is 0.993. The second kappa shape index (κ2) is 18.1. The number of amides is 1. The molecule has 0 spiro atoms. The Hall–Kier alpha value is -5.59. The normalized spacial score (nSPS) is 14.4. The van der Waals surface area contributed by atoms with E-state index >= 15 is 0 Å². The number of methoxy groups -OCH3 is 1. The van der Waals surface area contributed by atoms with Crippen molar-refractivity contribution in [2.24, 2.45) is 0 Å². The minimum absolute atomic E-state index is 0.0217. The highest BCUT2D eigenvalue weighted by Gasteiger charge is 2.29. The van der Waals surface area contributed by atoms with Crippen LogP contribution in [0.2, 0.25) is 5.02 Å². The van der Waals surface area contributed by atoms with Gasteiger partial charge in [0.05, 0.1) is 24.7 Å². The van der Waals surface area contributed by atoms with Crippen molar-refractivity contribution < 1.29 is 38.9 Å². The molecule has 262 valence electrons. The van der Waals surface area contributed by atoms with Crippen molar-refractivity contribution in [2.75, 3.05) is 37.1 Å². The van der Waals surface area contributed by atoms with Gasteiger partial charge in [0.15, 0.2) is 0 Å². The van der Waals surface area contributed by atoms with E-state index in [4.69, 9.17) is 21.1 Å². The number of carbonyl (C=O) groups is 2. The fourth-order valence-electron chi connectivity index (χ4n) is 4.93. The van der Waals surface area contributed by atoms with Crippen LogP contribution < -0.4 is 20.3 Å². The predicted molar refractivity (Wildman–Crippen MR) is 171 cm³/mol. The Morgan fingerprint density at radius 3 is 2.65 bits per heavy atom. The maximum atomic E-state index is 13.2. The highest BCUT2D eigenvalue weighted by molar-refractivity contribution is 6.32. The first kappa shape index (κ1) is 36.2. The molecule has 1 aliphatic rings. The van der Waals surface area contributed by atoms with Gasteiger partial charge in [-0.15, -0.1) is 20.2 Å². The van der Waals surface area contributed by atoms with Gasteiger partial charge in [0, 0.05) is 38.1 Å². The second-order valence-electron chi connectivity index (χ2n) is 10.6. The number of hydrogen-bond donors (Lipinski definition) is 2. The van der Waals surface area contributed by atoms with Crippen LogP contribution in [0.3, 0.4) is 0 Å². The summed E-state index contributed by atoms with van der Waals surface area (Å²) in [5, 5.41) is 25.3. The fourth-order valence-corrected chi connectivity index (χ4v) is 5.21. The Morgan fingerprint density at radius 1 is 1.14 bits per heavy atom. The molecule has 1 amide bonds. The Balaban J connectivity index is 1.40. The Bertz CT molecular complexity index is 1600. The van der Waals surface area contributed by atoms with E-state index < -0.39 is 34.8 Å². The van der Waals surface area contributed by atoms with Crippen LogP contribution in [-0.4, -0.2) is 81.0 Å². The van der Waals surface area contributed by atoms with E-state index in [1.54, 1.807) is 30.6 Å². The van der Waals surface area contributed by atoms with Crippen LogP contribution >= 0.6 is 11.6 Å². The zero-order chi connectivity index (χ0) is 35.2. The standard InChI is InChI=1S/C29H34ClN9O10/c1-46-24-9-8-19(13-23(24)30)14-33-27-22(28(41)34-16-25-31-10-4-11-32-25)15-35-29(36-27)37-12-3-5-20(37)17-47-26(40)7-2-6-21(49-39(44)45)18-48-38(42)43/h4,8-11,13,15,20-21H,2-3,5-7,12,14,16-18H2,1H3,(H,34,41)(H,33,35,36)/t20-,21?/m0/s1. The van der Waals surface area contributed by atoms with E-state index in [2.05, 4.69) is 40.2 Å². The summed E-state index contributed by atoms with van der Waals surface area (Å²) in [4.78, 5) is 74.6. The molecule has 1 aliphatic heterocycles. The average molecular weight is 704 g/mol. The summed E-state index contributed by atoms with van der Waals surface area (Å²) < 4.78 is 10.7. The molecule has 2 aromatic heterocycles. The molecular formula is C29H34ClN9O10. The van der Waals surface area contributed by atoms with Gasteiger partial charge < -0.3 is 34.7 Å². The number of hydrogen-bond acceptors (Lipinski definition) is 16. The van der Waals surface area contributed by atoms with E-state index in [0.717, 1.165) is 12.0 Å². The zero-order valence-electron chi connectivity index (χ0n) is 26.4. The monoisotopic (exact) mass is 703 g/mol. The highest BCUT2D eigenvalue weighted by atomic mass is 35.5. The number of nitrogens with zero attached hydrogens (tertiary/aromatic N) is 7. The molecule has 49 heavy (non-hydrogen) atoms. The lowest BCUT2D eigenvalue weighted by Gasteiger charge is -2.25. The number of anilines is 2. The molecule has 2 N–H and O–H groups in total. The maximum absolute atomic E-state index is 13.2. The summed E-state index contributed by atoms with van der Waals surface area (Å²) in [6.45, 7) is 0.309. The predicted octanol–water partition coefficient (Wildman–Crippen LogP) is 2.94. The van der Waals surface area contributed by atoms with Crippen LogP contribution in [0.5, 0.6) is 5.75 Å². The van der Waals surface area contributed by atoms with Crippen molar-refractivity contribution in [3.05, 3.63) is 85.1 Å². The van der Waals surface area contributed by atoms with Gasteiger partial charge in [-0.25, -0.2) is 15.0 Å². The third-order valence-corrected chi connectivity index (χ3v) is 7.60. The molecule has 0 bridgehead atoms. The molecular weight excluding hydrogens is 670 g/mol.